The summed E-state index contributed by atoms with van der Waals surface area (Å²) in [5.74, 6) is -0.146. The Kier molecular flexibility index (Phi) is 6.03. The van der Waals surface area contributed by atoms with Crippen LogP contribution in [0.5, 0.6) is 0 Å². The molecule has 0 unspecified atom stereocenters. The van der Waals surface area contributed by atoms with Crippen LogP contribution in [-0.2, 0) is 21.2 Å². The lowest BCUT2D eigenvalue weighted by molar-refractivity contribution is -0.115. The molecule has 0 saturated carbocycles. The van der Waals surface area contributed by atoms with Crippen LogP contribution < -0.4 is 10.0 Å². The van der Waals surface area contributed by atoms with Crippen molar-refractivity contribution in [3.05, 3.63) is 89.0 Å². The maximum absolute atomic E-state index is 12.6. The number of carbonyl (C=O) groups is 1. The highest BCUT2D eigenvalue weighted by molar-refractivity contribution is 7.92. The first-order valence-corrected chi connectivity index (χ1v) is 10.8. The molecule has 29 heavy (non-hydrogen) atoms. The van der Waals surface area contributed by atoms with E-state index in [9.17, 15) is 13.2 Å². The summed E-state index contributed by atoms with van der Waals surface area (Å²) in [7, 11) is -3.70. The van der Waals surface area contributed by atoms with Crippen LogP contribution in [0, 0.1) is 20.8 Å². The minimum absolute atomic E-state index is 0.133. The van der Waals surface area contributed by atoms with Crippen molar-refractivity contribution in [3.8, 4) is 0 Å². The zero-order valence-corrected chi connectivity index (χ0v) is 17.5. The number of aryl methyl sites for hydroxylation is 3. The number of amides is 1. The molecule has 3 aromatic carbocycles. The zero-order chi connectivity index (χ0) is 21.0. The second kappa shape index (κ2) is 8.49. The first kappa shape index (κ1) is 20.6. The molecule has 0 aliphatic heterocycles. The predicted molar refractivity (Wildman–Crippen MR) is 117 cm³/mol. The zero-order valence-electron chi connectivity index (χ0n) is 16.7. The van der Waals surface area contributed by atoms with Gasteiger partial charge in [-0.2, -0.15) is 0 Å². The molecule has 6 heteroatoms. The molecule has 0 saturated heterocycles. The number of hydrogen-bond donors (Lipinski definition) is 2. The maximum atomic E-state index is 12.6. The highest BCUT2D eigenvalue weighted by atomic mass is 32.2. The molecule has 0 heterocycles. The lowest BCUT2D eigenvalue weighted by Crippen LogP contribution is -2.16. The van der Waals surface area contributed by atoms with Gasteiger partial charge in [-0.25, -0.2) is 8.42 Å². The number of para-hydroxylation sites is 1. The van der Waals surface area contributed by atoms with Crippen molar-refractivity contribution in [2.75, 3.05) is 10.0 Å². The molecule has 0 aliphatic rings. The van der Waals surface area contributed by atoms with Gasteiger partial charge in [0.25, 0.3) is 10.0 Å². The van der Waals surface area contributed by atoms with Gasteiger partial charge in [-0.15, -0.1) is 0 Å². The molecule has 3 rings (SSSR count). The van der Waals surface area contributed by atoms with E-state index in [1.807, 2.05) is 51.1 Å². The number of hydrogen-bond acceptors (Lipinski definition) is 3. The van der Waals surface area contributed by atoms with Crippen molar-refractivity contribution in [1.82, 2.24) is 0 Å². The lowest BCUT2D eigenvalue weighted by atomic mass is 10.0. The van der Waals surface area contributed by atoms with Crippen molar-refractivity contribution < 1.29 is 13.2 Å². The molecular weight excluding hydrogens is 384 g/mol. The standard InChI is InChI=1S/C23H24N2O3S/c1-16-8-9-17(2)19(14-16)15-23(26)24-20-10-12-21(13-11-20)29(27,28)25-22-7-5-4-6-18(22)3/h4-14,25H,15H2,1-3H3,(H,24,26). The van der Waals surface area contributed by atoms with Crippen molar-refractivity contribution >= 4 is 27.3 Å². The first-order valence-electron chi connectivity index (χ1n) is 9.29. The van der Waals surface area contributed by atoms with E-state index in [2.05, 4.69) is 10.0 Å². The Morgan fingerprint density at radius 3 is 2.24 bits per heavy atom. The monoisotopic (exact) mass is 408 g/mol. The Morgan fingerprint density at radius 2 is 1.55 bits per heavy atom. The van der Waals surface area contributed by atoms with Crippen molar-refractivity contribution in [3.63, 3.8) is 0 Å². The maximum Gasteiger partial charge on any atom is 0.261 e. The number of rotatable bonds is 6. The van der Waals surface area contributed by atoms with Gasteiger partial charge in [0.2, 0.25) is 5.91 Å². The van der Waals surface area contributed by atoms with Gasteiger partial charge in [0.05, 0.1) is 17.0 Å². The molecule has 0 radical (unpaired) electrons. The van der Waals surface area contributed by atoms with Gasteiger partial charge in [-0.1, -0.05) is 42.0 Å². The second-order valence-corrected chi connectivity index (χ2v) is 8.78. The number of nitrogens with one attached hydrogen (secondary N) is 2. The minimum atomic E-state index is -3.70. The van der Waals surface area contributed by atoms with Crippen LogP contribution in [0.2, 0.25) is 0 Å². The van der Waals surface area contributed by atoms with Gasteiger partial charge in [0.15, 0.2) is 0 Å². The van der Waals surface area contributed by atoms with Crippen LogP contribution in [-0.4, -0.2) is 14.3 Å². The summed E-state index contributed by atoms with van der Waals surface area (Å²) in [5.41, 5.74) is 5.08. The van der Waals surface area contributed by atoms with E-state index in [0.29, 0.717) is 11.4 Å². The Bertz CT molecular complexity index is 1140. The van der Waals surface area contributed by atoms with Crippen LogP contribution in [0.1, 0.15) is 22.3 Å². The fourth-order valence-corrected chi connectivity index (χ4v) is 4.11. The molecule has 0 bridgehead atoms. The fourth-order valence-electron chi connectivity index (χ4n) is 2.98. The van der Waals surface area contributed by atoms with Crippen molar-refractivity contribution in [1.29, 1.82) is 0 Å². The molecule has 5 nitrogen and oxygen atoms in total. The number of anilines is 2. The average Bonchev–Trinajstić information content (AvgIpc) is 2.67. The third-order valence-electron chi connectivity index (χ3n) is 4.69. The summed E-state index contributed by atoms with van der Waals surface area (Å²) in [4.78, 5) is 12.5. The highest BCUT2D eigenvalue weighted by Gasteiger charge is 2.15. The number of sulfonamides is 1. The molecule has 0 aromatic heterocycles. The van der Waals surface area contributed by atoms with Crippen LogP contribution in [0.4, 0.5) is 11.4 Å². The van der Waals surface area contributed by atoms with E-state index >= 15 is 0 Å². The summed E-state index contributed by atoms with van der Waals surface area (Å²) in [5, 5.41) is 2.82. The van der Waals surface area contributed by atoms with Gasteiger partial charge >= 0.3 is 0 Å². The summed E-state index contributed by atoms with van der Waals surface area (Å²) in [6.07, 6.45) is 0.266. The van der Waals surface area contributed by atoms with Gasteiger partial charge in [-0.3, -0.25) is 9.52 Å². The third kappa shape index (κ3) is 5.23. The fraction of sp³-hybridized carbons (Fsp3) is 0.174. The molecule has 150 valence electrons. The second-order valence-electron chi connectivity index (χ2n) is 7.10. The number of carbonyl (C=O) groups excluding carboxylic acids is 1. The molecule has 1 amide bonds. The van der Waals surface area contributed by atoms with E-state index in [-0.39, 0.29) is 17.2 Å². The normalized spacial score (nSPS) is 11.1. The van der Waals surface area contributed by atoms with E-state index < -0.39 is 10.0 Å². The molecule has 0 fully saturated rings. The minimum Gasteiger partial charge on any atom is -0.326 e. The first-order chi connectivity index (χ1) is 13.7. The van der Waals surface area contributed by atoms with Crippen LogP contribution in [0.25, 0.3) is 0 Å². The van der Waals surface area contributed by atoms with E-state index in [0.717, 1.165) is 22.3 Å². The van der Waals surface area contributed by atoms with Crippen LogP contribution in [0.3, 0.4) is 0 Å². The number of benzene rings is 3. The van der Waals surface area contributed by atoms with Gasteiger partial charge in [0.1, 0.15) is 0 Å². The van der Waals surface area contributed by atoms with Crippen LogP contribution >= 0.6 is 0 Å². The van der Waals surface area contributed by atoms with Crippen molar-refractivity contribution in [2.24, 2.45) is 0 Å². The Morgan fingerprint density at radius 1 is 0.862 bits per heavy atom. The summed E-state index contributed by atoms with van der Waals surface area (Å²) in [6.45, 7) is 5.81. The van der Waals surface area contributed by atoms with Crippen LogP contribution in [0.15, 0.2) is 71.6 Å². The molecule has 0 aliphatic carbocycles. The van der Waals surface area contributed by atoms with E-state index in [1.165, 1.54) is 12.1 Å². The largest absolute Gasteiger partial charge is 0.326 e. The SMILES string of the molecule is Cc1ccc(C)c(CC(=O)Nc2ccc(S(=O)(=O)Nc3ccccc3C)cc2)c1. The quantitative estimate of drug-likeness (QED) is 0.626. The predicted octanol–water partition coefficient (Wildman–Crippen LogP) is 4.59. The molecule has 0 atom stereocenters. The van der Waals surface area contributed by atoms with Gasteiger partial charge in [0, 0.05) is 5.69 Å². The third-order valence-corrected chi connectivity index (χ3v) is 6.07. The molecular formula is C23H24N2O3S. The molecule has 0 spiro atoms. The van der Waals surface area contributed by atoms with Crippen molar-refractivity contribution in [2.45, 2.75) is 32.1 Å². The Hall–Kier alpha value is -3.12. The van der Waals surface area contributed by atoms with Gasteiger partial charge < -0.3 is 5.32 Å². The van der Waals surface area contributed by atoms with E-state index in [4.69, 9.17) is 0 Å². The smallest absolute Gasteiger partial charge is 0.261 e. The topological polar surface area (TPSA) is 75.3 Å². The molecule has 3 aromatic rings. The lowest BCUT2D eigenvalue weighted by Gasteiger charge is -2.11. The van der Waals surface area contributed by atoms with E-state index in [1.54, 1.807) is 24.3 Å². The van der Waals surface area contributed by atoms with Gasteiger partial charge in [-0.05, 0) is 67.8 Å². The Balaban J connectivity index is 1.69. The highest BCUT2D eigenvalue weighted by Crippen LogP contribution is 2.21. The summed E-state index contributed by atoms with van der Waals surface area (Å²) in [6, 6.07) is 19.3. The average molecular weight is 409 g/mol. The summed E-state index contributed by atoms with van der Waals surface area (Å²) < 4.78 is 27.8. The Labute approximate surface area is 171 Å². The molecule has 2 N–H and O–H groups in total. The summed E-state index contributed by atoms with van der Waals surface area (Å²) >= 11 is 0.